The smallest absolute Gasteiger partial charge is 0.293 e. The lowest BCUT2D eigenvalue weighted by Gasteiger charge is -2.37. The third-order valence-corrected chi connectivity index (χ3v) is 5.00. The zero-order valence-corrected chi connectivity index (χ0v) is 14.6. The van der Waals surface area contributed by atoms with Crippen molar-refractivity contribution in [2.75, 3.05) is 51.4 Å². The van der Waals surface area contributed by atoms with E-state index in [4.69, 9.17) is 15.2 Å². The molecule has 1 aromatic carbocycles. The first-order valence-corrected chi connectivity index (χ1v) is 8.78. The van der Waals surface area contributed by atoms with Gasteiger partial charge in [0, 0.05) is 49.8 Å². The van der Waals surface area contributed by atoms with Gasteiger partial charge in [0.2, 0.25) is 5.91 Å². The van der Waals surface area contributed by atoms with Crippen molar-refractivity contribution in [1.29, 1.82) is 0 Å². The van der Waals surface area contributed by atoms with Gasteiger partial charge in [-0.25, -0.2) is 0 Å². The van der Waals surface area contributed by atoms with Crippen molar-refractivity contribution in [2.24, 2.45) is 11.7 Å². The monoisotopic (exact) mass is 364 g/mol. The predicted molar refractivity (Wildman–Crippen MR) is 95.2 cm³/mol. The van der Waals surface area contributed by atoms with Gasteiger partial charge in [0.05, 0.1) is 24.7 Å². The standard InChI is InChI=1S/C17H24N4O5/c18-17(22)12-1-2-14(15(9-12)21(23)24)19-10-16(13-3-6-26-11-13)20-4-7-25-8-5-20/h1-2,9,13,16,19H,3-8,10-11H2,(H2,18,22). The number of nitro groups is 1. The molecule has 3 N–H and O–H groups in total. The van der Waals surface area contributed by atoms with Gasteiger partial charge in [-0.05, 0) is 18.6 Å². The molecule has 0 bridgehead atoms. The number of anilines is 1. The number of nitrogens with zero attached hydrogens (tertiary/aromatic N) is 2. The quantitative estimate of drug-likeness (QED) is 0.543. The molecule has 2 aliphatic heterocycles. The number of ether oxygens (including phenoxy) is 2. The number of amides is 1. The summed E-state index contributed by atoms with van der Waals surface area (Å²) in [4.78, 5) is 24.5. The lowest BCUT2D eigenvalue weighted by molar-refractivity contribution is -0.384. The fraction of sp³-hybridized carbons (Fsp3) is 0.588. The first-order chi connectivity index (χ1) is 12.6. The third-order valence-electron chi connectivity index (χ3n) is 5.00. The topological polar surface area (TPSA) is 120 Å². The van der Waals surface area contributed by atoms with Crippen molar-refractivity contribution in [1.82, 2.24) is 4.90 Å². The van der Waals surface area contributed by atoms with Crippen LogP contribution in [-0.4, -0.2) is 67.8 Å². The number of nitrogens with one attached hydrogen (secondary N) is 1. The molecule has 2 fully saturated rings. The van der Waals surface area contributed by atoms with E-state index in [2.05, 4.69) is 10.2 Å². The highest BCUT2D eigenvalue weighted by Crippen LogP contribution is 2.27. The second-order valence-corrected chi connectivity index (χ2v) is 6.57. The van der Waals surface area contributed by atoms with E-state index in [0.29, 0.717) is 38.0 Å². The van der Waals surface area contributed by atoms with E-state index in [9.17, 15) is 14.9 Å². The summed E-state index contributed by atoms with van der Waals surface area (Å²) in [5, 5.41) is 14.6. The van der Waals surface area contributed by atoms with Crippen LogP contribution in [-0.2, 0) is 9.47 Å². The number of rotatable bonds is 7. The molecule has 1 aromatic rings. The lowest BCUT2D eigenvalue weighted by Crippen LogP contribution is -2.50. The van der Waals surface area contributed by atoms with E-state index in [1.165, 1.54) is 12.1 Å². The molecule has 1 amide bonds. The predicted octanol–water partition coefficient (Wildman–Crippen LogP) is 0.843. The molecule has 2 saturated heterocycles. The number of carbonyl (C=O) groups is 1. The van der Waals surface area contributed by atoms with Crippen LogP contribution in [0.3, 0.4) is 0 Å². The third kappa shape index (κ3) is 4.29. The Bertz CT molecular complexity index is 657. The van der Waals surface area contributed by atoms with Gasteiger partial charge < -0.3 is 20.5 Å². The van der Waals surface area contributed by atoms with Crippen LogP contribution in [0.5, 0.6) is 0 Å². The molecule has 142 valence electrons. The average Bonchev–Trinajstić information content (AvgIpc) is 3.17. The molecule has 2 atom stereocenters. The van der Waals surface area contributed by atoms with Crippen LogP contribution < -0.4 is 11.1 Å². The molecule has 0 radical (unpaired) electrons. The molecule has 2 heterocycles. The Balaban J connectivity index is 1.75. The molecule has 26 heavy (non-hydrogen) atoms. The molecule has 0 saturated carbocycles. The molecular formula is C17H24N4O5. The Labute approximate surface area is 151 Å². The van der Waals surface area contributed by atoms with E-state index in [1.54, 1.807) is 6.07 Å². The summed E-state index contributed by atoms with van der Waals surface area (Å²) < 4.78 is 11.0. The van der Waals surface area contributed by atoms with Crippen LogP contribution >= 0.6 is 0 Å². The largest absolute Gasteiger partial charge is 0.381 e. The number of morpholine rings is 1. The molecular weight excluding hydrogens is 340 g/mol. The summed E-state index contributed by atoms with van der Waals surface area (Å²) in [6, 6.07) is 4.46. The molecule has 3 rings (SSSR count). The zero-order valence-electron chi connectivity index (χ0n) is 14.6. The van der Waals surface area contributed by atoms with Crippen LogP contribution in [0.2, 0.25) is 0 Å². The van der Waals surface area contributed by atoms with Crippen LogP contribution in [0, 0.1) is 16.0 Å². The highest BCUT2D eigenvalue weighted by Gasteiger charge is 2.32. The number of hydrogen-bond donors (Lipinski definition) is 2. The second kappa shape index (κ2) is 8.43. The second-order valence-electron chi connectivity index (χ2n) is 6.57. The number of nitrogens with two attached hydrogens (primary N) is 1. The van der Waals surface area contributed by atoms with Gasteiger partial charge in [-0.15, -0.1) is 0 Å². The van der Waals surface area contributed by atoms with E-state index in [1.807, 2.05) is 0 Å². The molecule has 0 spiro atoms. The van der Waals surface area contributed by atoms with Gasteiger partial charge in [-0.1, -0.05) is 0 Å². The van der Waals surface area contributed by atoms with Gasteiger partial charge in [0.25, 0.3) is 5.69 Å². The summed E-state index contributed by atoms with van der Waals surface area (Å²) in [5.41, 5.74) is 5.58. The van der Waals surface area contributed by atoms with Gasteiger partial charge in [-0.3, -0.25) is 19.8 Å². The maximum absolute atomic E-state index is 11.4. The summed E-state index contributed by atoms with van der Waals surface area (Å²) in [7, 11) is 0. The average molecular weight is 364 g/mol. The molecule has 2 aliphatic rings. The lowest BCUT2D eigenvalue weighted by atomic mass is 9.96. The summed E-state index contributed by atoms with van der Waals surface area (Å²) in [6.07, 6.45) is 0.979. The number of hydrogen-bond acceptors (Lipinski definition) is 7. The fourth-order valence-corrected chi connectivity index (χ4v) is 3.56. The first-order valence-electron chi connectivity index (χ1n) is 8.78. The summed E-state index contributed by atoms with van der Waals surface area (Å²) >= 11 is 0. The van der Waals surface area contributed by atoms with Crippen molar-refractivity contribution < 1.29 is 19.2 Å². The van der Waals surface area contributed by atoms with E-state index in [-0.39, 0.29) is 17.3 Å². The summed E-state index contributed by atoms with van der Waals surface area (Å²) in [5.74, 6) is -0.307. The van der Waals surface area contributed by atoms with E-state index >= 15 is 0 Å². The minimum Gasteiger partial charge on any atom is -0.381 e. The normalized spacial score (nSPS) is 22.1. The van der Waals surface area contributed by atoms with Gasteiger partial charge in [-0.2, -0.15) is 0 Å². The Kier molecular flexibility index (Phi) is 6.02. The van der Waals surface area contributed by atoms with Crippen molar-refractivity contribution in [2.45, 2.75) is 12.5 Å². The Hall–Kier alpha value is -2.23. The van der Waals surface area contributed by atoms with E-state index in [0.717, 1.165) is 26.1 Å². The first kappa shape index (κ1) is 18.6. The van der Waals surface area contributed by atoms with Crippen LogP contribution in [0.1, 0.15) is 16.8 Å². The van der Waals surface area contributed by atoms with Crippen LogP contribution in [0.25, 0.3) is 0 Å². The molecule has 9 heteroatoms. The maximum atomic E-state index is 11.4. The molecule has 9 nitrogen and oxygen atoms in total. The number of benzene rings is 1. The van der Waals surface area contributed by atoms with Gasteiger partial charge in [0.1, 0.15) is 5.69 Å². The highest BCUT2D eigenvalue weighted by molar-refractivity contribution is 5.94. The minimum absolute atomic E-state index is 0.121. The SMILES string of the molecule is NC(=O)c1ccc(NCC(C2CCOC2)N2CCOCC2)c([N+](=O)[O-])c1. The Morgan fingerprint density at radius 2 is 2.12 bits per heavy atom. The van der Waals surface area contributed by atoms with Gasteiger partial charge in [0.15, 0.2) is 0 Å². The van der Waals surface area contributed by atoms with Crippen molar-refractivity contribution >= 4 is 17.3 Å². The fourth-order valence-electron chi connectivity index (χ4n) is 3.56. The van der Waals surface area contributed by atoms with E-state index < -0.39 is 10.8 Å². The molecule has 0 aliphatic carbocycles. The summed E-state index contributed by atoms with van der Waals surface area (Å²) in [6.45, 7) is 5.07. The van der Waals surface area contributed by atoms with Crippen molar-refractivity contribution in [3.63, 3.8) is 0 Å². The Morgan fingerprint density at radius 3 is 2.73 bits per heavy atom. The van der Waals surface area contributed by atoms with Crippen molar-refractivity contribution in [3.05, 3.63) is 33.9 Å². The molecule has 2 unspecified atom stereocenters. The molecule has 0 aromatic heterocycles. The zero-order chi connectivity index (χ0) is 18.5. The highest BCUT2D eigenvalue weighted by atomic mass is 16.6. The minimum atomic E-state index is -0.686. The number of primary amides is 1. The Morgan fingerprint density at radius 1 is 1.35 bits per heavy atom. The number of nitro benzene ring substituents is 1. The van der Waals surface area contributed by atoms with Gasteiger partial charge >= 0.3 is 0 Å². The number of carbonyl (C=O) groups excluding carboxylic acids is 1. The van der Waals surface area contributed by atoms with Crippen LogP contribution in [0.15, 0.2) is 18.2 Å². The van der Waals surface area contributed by atoms with Crippen LogP contribution in [0.4, 0.5) is 11.4 Å². The maximum Gasteiger partial charge on any atom is 0.293 e. The van der Waals surface area contributed by atoms with Crippen molar-refractivity contribution in [3.8, 4) is 0 Å².